The van der Waals surface area contributed by atoms with E-state index in [1.807, 2.05) is 0 Å². The minimum atomic E-state index is -4.65. The van der Waals surface area contributed by atoms with Gasteiger partial charge in [0.05, 0.1) is 6.61 Å². The van der Waals surface area contributed by atoms with E-state index in [1.54, 1.807) is 0 Å². The number of nitrogens with zero attached hydrogens (tertiary/aromatic N) is 1. The van der Waals surface area contributed by atoms with Gasteiger partial charge in [0.2, 0.25) is 0 Å². The highest BCUT2D eigenvalue weighted by atomic mass is 19.4. The minimum absolute atomic E-state index is 0.115. The molecule has 1 aliphatic rings. The average Bonchev–Trinajstić information content (AvgIpc) is 2.41. The summed E-state index contributed by atoms with van der Waals surface area (Å²) in [7, 11) is 0. The molecular formula is C14H25F3N2O3. The maximum atomic E-state index is 12.6. The fraction of sp³-hybridized carbons (Fsp3) is 0.929. The number of halogens is 3. The van der Waals surface area contributed by atoms with Gasteiger partial charge in [0, 0.05) is 39.1 Å². The highest BCUT2D eigenvalue weighted by molar-refractivity contribution is 5.74. The van der Waals surface area contributed by atoms with E-state index < -0.39 is 30.7 Å². The van der Waals surface area contributed by atoms with Gasteiger partial charge < -0.3 is 20.1 Å². The van der Waals surface area contributed by atoms with E-state index in [1.165, 1.54) is 4.90 Å². The summed E-state index contributed by atoms with van der Waals surface area (Å²) >= 11 is 0. The molecule has 2 amide bonds. The monoisotopic (exact) mass is 326 g/mol. The minimum Gasteiger partial charge on any atom is -0.380 e. The third-order valence-electron chi connectivity index (χ3n) is 3.77. The van der Waals surface area contributed by atoms with Gasteiger partial charge in [-0.1, -0.05) is 13.8 Å². The molecule has 0 unspecified atom stereocenters. The molecule has 1 fully saturated rings. The van der Waals surface area contributed by atoms with Gasteiger partial charge in [0.1, 0.15) is 0 Å². The second-order valence-corrected chi connectivity index (χ2v) is 6.04. The number of urea groups is 1. The third-order valence-corrected chi connectivity index (χ3v) is 3.77. The Morgan fingerprint density at radius 2 is 1.91 bits per heavy atom. The smallest absolute Gasteiger partial charge is 0.380 e. The summed E-state index contributed by atoms with van der Waals surface area (Å²) in [5, 5.41) is 12.1. The molecule has 1 aliphatic heterocycles. The predicted molar refractivity (Wildman–Crippen MR) is 75.5 cm³/mol. The topological polar surface area (TPSA) is 61.8 Å². The lowest BCUT2D eigenvalue weighted by molar-refractivity contribution is -0.271. The van der Waals surface area contributed by atoms with Crippen molar-refractivity contribution in [3.63, 3.8) is 0 Å². The Morgan fingerprint density at radius 1 is 1.32 bits per heavy atom. The van der Waals surface area contributed by atoms with Crippen molar-refractivity contribution in [1.82, 2.24) is 10.2 Å². The number of piperidine rings is 1. The van der Waals surface area contributed by atoms with E-state index in [4.69, 9.17) is 4.74 Å². The van der Waals surface area contributed by atoms with Crippen molar-refractivity contribution < 1.29 is 27.8 Å². The molecule has 0 bridgehead atoms. The second-order valence-electron chi connectivity index (χ2n) is 6.04. The molecule has 1 heterocycles. The molecule has 0 aliphatic carbocycles. The van der Waals surface area contributed by atoms with Crippen LogP contribution >= 0.6 is 0 Å². The first kappa shape index (κ1) is 19.0. The zero-order valence-corrected chi connectivity index (χ0v) is 13.1. The largest absolute Gasteiger partial charge is 0.417 e. The number of rotatable bonds is 6. The molecule has 5 nitrogen and oxygen atoms in total. The fourth-order valence-corrected chi connectivity index (χ4v) is 2.13. The number of ether oxygens (including phenoxy) is 1. The molecule has 0 radical (unpaired) electrons. The molecule has 0 saturated carbocycles. The lowest BCUT2D eigenvalue weighted by Crippen LogP contribution is -2.56. The highest BCUT2D eigenvalue weighted by Crippen LogP contribution is 2.38. The predicted octanol–water partition coefficient (Wildman–Crippen LogP) is 2.15. The van der Waals surface area contributed by atoms with Crippen LogP contribution in [0.3, 0.4) is 0 Å². The Bertz CT molecular complexity index is 354. The summed E-state index contributed by atoms with van der Waals surface area (Å²) in [6.07, 6.45) is -4.69. The fourth-order valence-electron chi connectivity index (χ4n) is 2.13. The summed E-state index contributed by atoms with van der Waals surface area (Å²) in [5.74, 6) is 0.551. The maximum Gasteiger partial charge on any atom is 0.417 e. The molecule has 2 N–H and O–H groups in total. The van der Waals surface area contributed by atoms with E-state index in [2.05, 4.69) is 19.2 Å². The number of alkyl halides is 3. The van der Waals surface area contributed by atoms with Crippen molar-refractivity contribution in [2.45, 2.75) is 44.9 Å². The van der Waals surface area contributed by atoms with Crippen LogP contribution in [0, 0.1) is 5.92 Å². The second kappa shape index (κ2) is 8.01. The Labute approximate surface area is 128 Å². The quantitative estimate of drug-likeness (QED) is 0.735. The van der Waals surface area contributed by atoms with E-state index in [0.29, 0.717) is 25.7 Å². The lowest BCUT2D eigenvalue weighted by Gasteiger charge is -2.38. The number of carbonyl (C=O) groups is 1. The lowest BCUT2D eigenvalue weighted by atomic mass is 9.91. The van der Waals surface area contributed by atoms with Crippen LogP contribution < -0.4 is 5.32 Å². The maximum absolute atomic E-state index is 12.6. The molecule has 8 heteroatoms. The van der Waals surface area contributed by atoms with Crippen LogP contribution in [-0.2, 0) is 4.74 Å². The molecule has 22 heavy (non-hydrogen) atoms. The molecule has 0 aromatic heterocycles. The van der Waals surface area contributed by atoms with Gasteiger partial charge in [-0.15, -0.1) is 0 Å². The van der Waals surface area contributed by atoms with Crippen molar-refractivity contribution in [1.29, 1.82) is 0 Å². The average molecular weight is 326 g/mol. The summed E-state index contributed by atoms with van der Waals surface area (Å²) in [6, 6.07) is -0.420. The van der Waals surface area contributed by atoms with Crippen molar-refractivity contribution in [3.05, 3.63) is 0 Å². The van der Waals surface area contributed by atoms with E-state index in [9.17, 15) is 23.1 Å². The van der Waals surface area contributed by atoms with E-state index >= 15 is 0 Å². The van der Waals surface area contributed by atoms with Gasteiger partial charge >= 0.3 is 12.2 Å². The summed E-state index contributed by atoms with van der Waals surface area (Å²) in [5.41, 5.74) is -2.68. The van der Waals surface area contributed by atoms with Gasteiger partial charge in [0.15, 0.2) is 5.60 Å². The number of hydrogen-bond acceptors (Lipinski definition) is 3. The van der Waals surface area contributed by atoms with Crippen LogP contribution in [-0.4, -0.2) is 60.7 Å². The number of likely N-dealkylation sites (tertiary alicyclic amines) is 1. The number of carbonyl (C=O) groups excluding carboxylic acids is 1. The van der Waals surface area contributed by atoms with E-state index in [-0.39, 0.29) is 13.1 Å². The van der Waals surface area contributed by atoms with Crippen LogP contribution in [0.2, 0.25) is 0 Å². The van der Waals surface area contributed by atoms with Gasteiger partial charge in [-0.2, -0.15) is 13.2 Å². The van der Waals surface area contributed by atoms with E-state index in [0.717, 1.165) is 6.42 Å². The standard InChI is InChI=1S/C14H25F3N2O3/c1-11(2)3-9-22-10-6-18-12(20)19-7-4-13(21,5-8-19)14(15,16)17/h11,21H,3-10H2,1-2H3,(H,18,20). The van der Waals surface area contributed by atoms with Gasteiger partial charge in [-0.3, -0.25) is 0 Å². The van der Waals surface area contributed by atoms with Crippen LogP contribution in [0.4, 0.5) is 18.0 Å². The van der Waals surface area contributed by atoms with Crippen molar-refractivity contribution in [3.8, 4) is 0 Å². The molecule has 1 saturated heterocycles. The first-order chi connectivity index (χ1) is 10.2. The summed E-state index contributed by atoms with van der Waals surface area (Å²) in [6.45, 7) is 5.25. The molecule has 0 atom stereocenters. The summed E-state index contributed by atoms with van der Waals surface area (Å²) < 4.78 is 43.3. The molecule has 1 rings (SSSR count). The van der Waals surface area contributed by atoms with Crippen molar-refractivity contribution in [2.75, 3.05) is 32.8 Å². The Balaban J connectivity index is 2.21. The van der Waals surface area contributed by atoms with Gasteiger partial charge in [-0.25, -0.2) is 4.79 Å². The molecule has 0 spiro atoms. The zero-order valence-electron chi connectivity index (χ0n) is 13.1. The number of amides is 2. The SMILES string of the molecule is CC(C)CCOCCNC(=O)N1CCC(O)(C(F)(F)F)CC1. The van der Waals surface area contributed by atoms with Crippen molar-refractivity contribution in [2.24, 2.45) is 5.92 Å². The first-order valence-corrected chi connectivity index (χ1v) is 7.55. The summed E-state index contributed by atoms with van der Waals surface area (Å²) in [4.78, 5) is 13.1. The Hall–Kier alpha value is -1.02. The van der Waals surface area contributed by atoms with Crippen LogP contribution in [0.1, 0.15) is 33.1 Å². The normalized spacial score (nSPS) is 18.6. The molecule has 0 aromatic carbocycles. The van der Waals surface area contributed by atoms with Gasteiger partial charge in [-0.05, 0) is 12.3 Å². The molecular weight excluding hydrogens is 301 g/mol. The van der Waals surface area contributed by atoms with Crippen LogP contribution in [0.25, 0.3) is 0 Å². The highest BCUT2D eigenvalue weighted by Gasteiger charge is 2.54. The molecule has 130 valence electrons. The van der Waals surface area contributed by atoms with Crippen LogP contribution in [0.15, 0.2) is 0 Å². The Morgan fingerprint density at radius 3 is 2.41 bits per heavy atom. The molecule has 0 aromatic rings. The Kier molecular flexibility index (Phi) is 6.93. The third kappa shape index (κ3) is 5.64. The van der Waals surface area contributed by atoms with Crippen molar-refractivity contribution >= 4 is 6.03 Å². The first-order valence-electron chi connectivity index (χ1n) is 7.55. The number of aliphatic hydroxyl groups is 1. The number of hydrogen-bond donors (Lipinski definition) is 2. The number of nitrogens with one attached hydrogen (secondary N) is 1. The van der Waals surface area contributed by atoms with Gasteiger partial charge in [0.25, 0.3) is 0 Å². The zero-order chi connectivity index (χ0) is 16.8. The van der Waals surface area contributed by atoms with Crippen LogP contribution in [0.5, 0.6) is 0 Å².